The smallest absolute Gasteiger partial charge is 0.297 e. The molecule has 2 heterocycles. The summed E-state index contributed by atoms with van der Waals surface area (Å²) in [6.45, 7) is 9.25. The zero-order chi connectivity index (χ0) is 14.2. The summed E-state index contributed by atoms with van der Waals surface area (Å²) in [4.78, 5) is 20.6. The zero-order valence-electron chi connectivity index (χ0n) is 12.5. The number of aliphatic imine (C=N–C) groups is 1. The fourth-order valence-electron chi connectivity index (χ4n) is 2.29. The quantitative estimate of drug-likeness (QED) is 0.750. The number of fused-ring (bicyclic) bond motifs is 2. The molecule has 2 rings (SSSR count). The number of rotatable bonds is 2. The molecule has 0 radical (unpaired) electrons. The predicted octanol–water partition coefficient (Wildman–Crippen LogP) is 3.38. The van der Waals surface area contributed by atoms with E-state index in [-0.39, 0.29) is 11.4 Å². The number of amides is 2. The Balaban J connectivity index is 2.38. The predicted molar refractivity (Wildman–Crippen MR) is 77.8 cm³/mol. The van der Waals surface area contributed by atoms with Crippen molar-refractivity contribution in [2.75, 3.05) is 13.6 Å². The molecule has 1 fully saturated rings. The monoisotopic (exact) mass is 261 g/mol. The lowest BCUT2D eigenvalue weighted by atomic mass is 9.95. The molecule has 2 bridgehead atoms. The van der Waals surface area contributed by atoms with Crippen molar-refractivity contribution in [1.82, 2.24) is 9.80 Å². The van der Waals surface area contributed by atoms with Gasteiger partial charge in [-0.15, -0.1) is 0 Å². The molecule has 0 spiro atoms. The van der Waals surface area contributed by atoms with Crippen LogP contribution in [-0.2, 0) is 0 Å². The lowest BCUT2D eigenvalue weighted by molar-refractivity contribution is 0.168. The summed E-state index contributed by atoms with van der Waals surface area (Å²) >= 11 is 0. The van der Waals surface area contributed by atoms with Crippen molar-refractivity contribution in [3.8, 4) is 0 Å². The first kappa shape index (κ1) is 13.8. The van der Waals surface area contributed by atoms with Gasteiger partial charge in [0.05, 0.1) is 0 Å². The fraction of sp³-hybridized carbons (Fsp3) is 0.600. The SMILES string of the molecule is CCC1=CC=C2CC(=N1)N(C)C(=O)N2CC(C)(C)C. The van der Waals surface area contributed by atoms with Crippen molar-refractivity contribution < 1.29 is 4.79 Å². The van der Waals surface area contributed by atoms with Gasteiger partial charge < -0.3 is 0 Å². The second kappa shape index (κ2) is 4.83. The van der Waals surface area contributed by atoms with Gasteiger partial charge in [0.2, 0.25) is 0 Å². The first-order valence-electron chi connectivity index (χ1n) is 6.84. The maximum atomic E-state index is 12.5. The van der Waals surface area contributed by atoms with E-state index in [1.54, 1.807) is 4.90 Å². The number of amidine groups is 1. The fourth-order valence-corrected chi connectivity index (χ4v) is 2.29. The molecular weight excluding hydrogens is 238 g/mol. The van der Waals surface area contributed by atoms with Crippen molar-refractivity contribution in [3.63, 3.8) is 0 Å². The third-order valence-corrected chi connectivity index (χ3v) is 3.33. The molecule has 4 heteroatoms. The van der Waals surface area contributed by atoms with E-state index in [0.717, 1.165) is 36.6 Å². The molecule has 4 nitrogen and oxygen atoms in total. The van der Waals surface area contributed by atoms with Crippen LogP contribution in [0.5, 0.6) is 0 Å². The lowest BCUT2D eigenvalue weighted by Gasteiger charge is -2.39. The van der Waals surface area contributed by atoms with Crippen LogP contribution in [0, 0.1) is 5.41 Å². The number of urea groups is 1. The van der Waals surface area contributed by atoms with E-state index in [0.29, 0.717) is 0 Å². The molecule has 0 saturated carbocycles. The van der Waals surface area contributed by atoms with Gasteiger partial charge in [0.1, 0.15) is 5.84 Å². The number of carbonyl (C=O) groups excluding carboxylic acids is 1. The summed E-state index contributed by atoms with van der Waals surface area (Å²) in [5.74, 6) is 0.854. The molecule has 104 valence electrons. The molecule has 2 aliphatic heterocycles. The standard InChI is InChI=1S/C15H23N3O/c1-6-11-7-8-12-9-13(16-11)17(5)14(19)18(12)10-15(2,3)4/h7-8H,6,9-10H2,1-5H3. The minimum atomic E-state index is 0.0249. The molecule has 0 atom stereocenters. The highest BCUT2D eigenvalue weighted by molar-refractivity contribution is 6.02. The van der Waals surface area contributed by atoms with Crippen LogP contribution in [0.1, 0.15) is 40.5 Å². The Labute approximate surface area is 115 Å². The molecule has 1 saturated heterocycles. The van der Waals surface area contributed by atoms with E-state index in [9.17, 15) is 4.79 Å². The van der Waals surface area contributed by atoms with E-state index in [1.165, 1.54) is 0 Å². The summed E-state index contributed by atoms with van der Waals surface area (Å²) in [5, 5.41) is 0. The summed E-state index contributed by atoms with van der Waals surface area (Å²) in [6.07, 6.45) is 5.70. The van der Waals surface area contributed by atoms with Crippen LogP contribution in [0.3, 0.4) is 0 Å². The molecule has 2 aliphatic rings. The number of carbonyl (C=O) groups is 1. The normalized spacial score (nSPS) is 19.8. The van der Waals surface area contributed by atoms with Gasteiger partial charge in [-0.3, -0.25) is 9.80 Å². The maximum Gasteiger partial charge on any atom is 0.329 e. The van der Waals surface area contributed by atoms with Crippen LogP contribution in [0.25, 0.3) is 0 Å². The van der Waals surface area contributed by atoms with E-state index >= 15 is 0 Å². The third kappa shape index (κ3) is 2.88. The van der Waals surface area contributed by atoms with E-state index < -0.39 is 0 Å². The molecular formula is C15H23N3O. The van der Waals surface area contributed by atoms with Crippen LogP contribution < -0.4 is 0 Å². The Hall–Kier alpha value is -1.58. The Morgan fingerprint density at radius 2 is 2.00 bits per heavy atom. The minimum Gasteiger partial charge on any atom is -0.297 e. The van der Waals surface area contributed by atoms with Crippen LogP contribution in [0.4, 0.5) is 4.79 Å². The molecule has 19 heavy (non-hydrogen) atoms. The van der Waals surface area contributed by atoms with E-state index in [1.807, 2.05) is 24.1 Å². The van der Waals surface area contributed by atoms with Crippen molar-refractivity contribution in [2.45, 2.75) is 40.5 Å². The Morgan fingerprint density at radius 1 is 1.32 bits per heavy atom. The van der Waals surface area contributed by atoms with Gasteiger partial charge in [-0.25, -0.2) is 9.79 Å². The van der Waals surface area contributed by atoms with Gasteiger partial charge in [0, 0.05) is 31.4 Å². The first-order chi connectivity index (χ1) is 8.81. The summed E-state index contributed by atoms with van der Waals surface area (Å²) in [5.41, 5.74) is 2.16. The van der Waals surface area contributed by atoms with E-state index in [4.69, 9.17) is 0 Å². The van der Waals surface area contributed by atoms with Gasteiger partial charge in [-0.2, -0.15) is 0 Å². The highest BCUT2D eigenvalue weighted by atomic mass is 16.2. The molecule has 0 N–H and O–H groups in total. The first-order valence-corrected chi connectivity index (χ1v) is 6.84. The van der Waals surface area contributed by atoms with Gasteiger partial charge in [0.15, 0.2) is 0 Å². The minimum absolute atomic E-state index is 0.0249. The molecule has 2 amide bonds. The number of allylic oxidation sites excluding steroid dienone is 3. The van der Waals surface area contributed by atoms with Crippen LogP contribution >= 0.6 is 0 Å². The molecule has 0 aromatic rings. The Morgan fingerprint density at radius 3 is 2.58 bits per heavy atom. The molecule has 0 aromatic carbocycles. The number of nitrogens with zero attached hydrogens (tertiary/aromatic N) is 3. The average Bonchev–Trinajstić information content (AvgIpc) is 2.52. The third-order valence-electron chi connectivity index (χ3n) is 3.33. The largest absolute Gasteiger partial charge is 0.329 e. The lowest BCUT2D eigenvalue weighted by Crippen LogP contribution is -2.51. The van der Waals surface area contributed by atoms with Gasteiger partial charge in [-0.05, 0) is 24.0 Å². The van der Waals surface area contributed by atoms with Crippen molar-refractivity contribution in [2.24, 2.45) is 10.4 Å². The second-order valence-electron chi connectivity index (χ2n) is 6.36. The van der Waals surface area contributed by atoms with Gasteiger partial charge in [-0.1, -0.05) is 27.7 Å². The number of hydrogen-bond donors (Lipinski definition) is 0. The average molecular weight is 261 g/mol. The van der Waals surface area contributed by atoms with Crippen LogP contribution in [0.15, 0.2) is 28.5 Å². The second-order valence-corrected chi connectivity index (χ2v) is 6.36. The Kier molecular flexibility index (Phi) is 3.52. The summed E-state index contributed by atoms with van der Waals surface area (Å²) < 4.78 is 0. The van der Waals surface area contributed by atoms with E-state index in [2.05, 4.69) is 32.7 Å². The summed E-state index contributed by atoms with van der Waals surface area (Å²) in [7, 11) is 1.81. The molecule has 0 unspecified atom stereocenters. The summed E-state index contributed by atoms with van der Waals surface area (Å²) in [6, 6.07) is 0.0249. The Bertz CT molecular complexity index is 480. The van der Waals surface area contributed by atoms with Crippen molar-refractivity contribution in [3.05, 3.63) is 23.5 Å². The zero-order valence-corrected chi connectivity index (χ0v) is 12.5. The van der Waals surface area contributed by atoms with Crippen molar-refractivity contribution >= 4 is 11.9 Å². The van der Waals surface area contributed by atoms with Gasteiger partial charge in [0.25, 0.3) is 0 Å². The van der Waals surface area contributed by atoms with Gasteiger partial charge >= 0.3 is 6.03 Å². The topological polar surface area (TPSA) is 35.9 Å². The highest BCUT2D eigenvalue weighted by Crippen LogP contribution is 2.28. The maximum absolute atomic E-state index is 12.5. The van der Waals surface area contributed by atoms with Crippen LogP contribution in [-0.4, -0.2) is 35.3 Å². The molecule has 0 aromatic heterocycles. The molecule has 0 aliphatic carbocycles. The van der Waals surface area contributed by atoms with Crippen molar-refractivity contribution in [1.29, 1.82) is 0 Å². The highest BCUT2D eigenvalue weighted by Gasteiger charge is 2.34. The van der Waals surface area contributed by atoms with Crippen LogP contribution in [0.2, 0.25) is 0 Å². The number of hydrogen-bond acceptors (Lipinski definition) is 2.